The van der Waals surface area contributed by atoms with Crippen LogP contribution in [0, 0.1) is 25.7 Å². The SMILES string of the molecule is COc1cc2c3c(cnc2cc1-c1c(C)noc1C)N=C(C1CCOCC1)CC3C(C)C. The molecule has 168 valence electrons. The standard InChI is InChI=1S/C26H31N3O3/c1-14(2)18-10-21(17-6-8-31-9-7-17)28-23-13-27-22-11-20(25-15(3)29-32-16(25)4)24(30-5)12-19(22)26(18)23/h11-14,17-18H,6-10H2,1-5H3. The van der Waals surface area contributed by atoms with Crippen molar-refractivity contribution >= 4 is 22.3 Å². The Morgan fingerprint density at radius 1 is 1.12 bits per heavy atom. The molecule has 1 saturated heterocycles. The molecule has 6 nitrogen and oxygen atoms in total. The Bertz CT molecular complexity index is 1170. The lowest BCUT2D eigenvalue weighted by molar-refractivity contribution is 0.0821. The second-order valence-electron chi connectivity index (χ2n) is 9.37. The number of benzene rings is 1. The Labute approximate surface area is 189 Å². The van der Waals surface area contributed by atoms with Crippen LogP contribution in [0.2, 0.25) is 0 Å². The first-order valence-corrected chi connectivity index (χ1v) is 11.6. The molecule has 1 atom stereocenters. The summed E-state index contributed by atoms with van der Waals surface area (Å²) in [5, 5.41) is 5.26. The van der Waals surface area contributed by atoms with E-state index in [4.69, 9.17) is 24.0 Å². The number of hydrogen-bond donors (Lipinski definition) is 0. The second-order valence-corrected chi connectivity index (χ2v) is 9.37. The van der Waals surface area contributed by atoms with Gasteiger partial charge in [0.15, 0.2) is 0 Å². The van der Waals surface area contributed by atoms with Gasteiger partial charge in [0.1, 0.15) is 11.5 Å². The molecule has 5 rings (SSSR count). The molecule has 0 N–H and O–H groups in total. The summed E-state index contributed by atoms with van der Waals surface area (Å²) in [7, 11) is 1.72. The smallest absolute Gasteiger partial charge is 0.141 e. The highest BCUT2D eigenvalue weighted by Crippen LogP contribution is 2.46. The zero-order valence-electron chi connectivity index (χ0n) is 19.6. The van der Waals surface area contributed by atoms with Gasteiger partial charge >= 0.3 is 0 Å². The van der Waals surface area contributed by atoms with Gasteiger partial charge in [-0.25, -0.2) is 0 Å². The van der Waals surface area contributed by atoms with Gasteiger partial charge in [0, 0.05) is 35.8 Å². The van der Waals surface area contributed by atoms with E-state index in [9.17, 15) is 0 Å². The summed E-state index contributed by atoms with van der Waals surface area (Å²) in [6.07, 6.45) is 5.08. The molecule has 1 unspecified atom stereocenters. The highest BCUT2D eigenvalue weighted by atomic mass is 16.5. The third-order valence-electron chi connectivity index (χ3n) is 7.07. The van der Waals surface area contributed by atoms with E-state index >= 15 is 0 Å². The maximum atomic E-state index is 5.84. The van der Waals surface area contributed by atoms with E-state index in [0.717, 1.165) is 77.4 Å². The van der Waals surface area contributed by atoms with Crippen molar-refractivity contribution in [3.8, 4) is 16.9 Å². The lowest BCUT2D eigenvalue weighted by atomic mass is 9.76. The number of fused-ring (bicyclic) bond motifs is 3. The summed E-state index contributed by atoms with van der Waals surface area (Å²) in [5.41, 5.74) is 7.37. The van der Waals surface area contributed by atoms with E-state index in [1.54, 1.807) is 7.11 Å². The van der Waals surface area contributed by atoms with Gasteiger partial charge < -0.3 is 14.0 Å². The van der Waals surface area contributed by atoms with Crippen molar-refractivity contribution in [1.82, 2.24) is 10.1 Å². The van der Waals surface area contributed by atoms with Crippen LogP contribution in [-0.2, 0) is 4.74 Å². The van der Waals surface area contributed by atoms with Crippen LogP contribution in [0.5, 0.6) is 5.75 Å². The minimum Gasteiger partial charge on any atom is -0.496 e. The molecule has 0 bridgehead atoms. The lowest BCUT2D eigenvalue weighted by Crippen LogP contribution is -2.28. The molecule has 2 aliphatic rings. The normalized spacial score (nSPS) is 19.3. The van der Waals surface area contributed by atoms with Crippen molar-refractivity contribution in [2.45, 2.75) is 52.9 Å². The Morgan fingerprint density at radius 3 is 2.56 bits per heavy atom. The minimum absolute atomic E-state index is 0.403. The summed E-state index contributed by atoms with van der Waals surface area (Å²) in [4.78, 5) is 9.98. The van der Waals surface area contributed by atoms with Crippen LogP contribution in [0.4, 0.5) is 5.69 Å². The third-order valence-corrected chi connectivity index (χ3v) is 7.07. The largest absolute Gasteiger partial charge is 0.496 e. The monoisotopic (exact) mass is 433 g/mol. The molecule has 1 aromatic carbocycles. The Morgan fingerprint density at radius 2 is 1.91 bits per heavy atom. The zero-order chi connectivity index (χ0) is 22.4. The van der Waals surface area contributed by atoms with Crippen LogP contribution < -0.4 is 4.74 Å². The minimum atomic E-state index is 0.403. The topological polar surface area (TPSA) is 69.7 Å². The van der Waals surface area contributed by atoms with E-state index in [2.05, 4.69) is 31.1 Å². The maximum absolute atomic E-state index is 5.84. The molecular formula is C26H31N3O3. The third kappa shape index (κ3) is 3.51. The number of aliphatic imine (C=N–C) groups is 1. The first-order valence-electron chi connectivity index (χ1n) is 11.6. The molecule has 4 heterocycles. The van der Waals surface area contributed by atoms with E-state index in [1.807, 2.05) is 20.0 Å². The number of ether oxygens (including phenoxy) is 2. The molecule has 3 aromatic rings. The lowest BCUT2D eigenvalue weighted by Gasteiger charge is -2.33. The number of nitrogens with zero attached hydrogens (tertiary/aromatic N) is 3. The molecule has 0 saturated carbocycles. The van der Waals surface area contributed by atoms with Crippen molar-refractivity contribution in [2.24, 2.45) is 16.8 Å². The predicted molar refractivity (Wildman–Crippen MR) is 126 cm³/mol. The number of aryl methyl sites for hydroxylation is 2. The number of methoxy groups -OCH3 is 1. The quantitative estimate of drug-likeness (QED) is 0.493. The van der Waals surface area contributed by atoms with Crippen molar-refractivity contribution in [3.63, 3.8) is 0 Å². The molecule has 0 aliphatic carbocycles. The number of pyridine rings is 1. The molecule has 2 aliphatic heterocycles. The van der Waals surface area contributed by atoms with Crippen LogP contribution in [0.15, 0.2) is 27.8 Å². The maximum Gasteiger partial charge on any atom is 0.141 e. The average molecular weight is 434 g/mol. The zero-order valence-corrected chi connectivity index (χ0v) is 19.6. The van der Waals surface area contributed by atoms with E-state index in [-0.39, 0.29) is 0 Å². The summed E-state index contributed by atoms with van der Waals surface area (Å²) in [6.45, 7) is 10.2. The molecule has 1 fully saturated rings. The van der Waals surface area contributed by atoms with Gasteiger partial charge in [-0.3, -0.25) is 9.98 Å². The van der Waals surface area contributed by atoms with Crippen molar-refractivity contribution in [2.75, 3.05) is 20.3 Å². The Kier molecular flexibility index (Phi) is 5.49. The Balaban J connectivity index is 1.69. The average Bonchev–Trinajstić information content (AvgIpc) is 3.15. The fraction of sp³-hybridized carbons (Fsp3) is 0.500. The first-order chi connectivity index (χ1) is 15.5. The highest BCUT2D eigenvalue weighted by Gasteiger charge is 2.32. The fourth-order valence-corrected chi connectivity index (χ4v) is 5.33. The van der Waals surface area contributed by atoms with Crippen molar-refractivity contribution in [3.05, 3.63) is 35.3 Å². The van der Waals surface area contributed by atoms with Crippen molar-refractivity contribution in [1.29, 1.82) is 0 Å². The Hall–Kier alpha value is -2.73. The van der Waals surface area contributed by atoms with E-state index in [0.29, 0.717) is 17.8 Å². The summed E-state index contributed by atoms with van der Waals surface area (Å²) >= 11 is 0. The van der Waals surface area contributed by atoms with Crippen LogP contribution in [0.3, 0.4) is 0 Å². The van der Waals surface area contributed by atoms with Gasteiger partial charge in [0.25, 0.3) is 0 Å². The number of hydrogen-bond acceptors (Lipinski definition) is 6. The van der Waals surface area contributed by atoms with Crippen LogP contribution in [0.1, 0.15) is 56.0 Å². The molecule has 0 spiro atoms. The van der Waals surface area contributed by atoms with Gasteiger partial charge in [-0.05, 0) is 62.6 Å². The molecule has 0 amide bonds. The first kappa shape index (κ1) is 21.1. The number of rotatable bonds is 4. The highest BCUT2D eigenvalue weighted by molar-refractivity contribution is 5.98. The predicted octanol–water partition coefficient (Wildman–Crippen LogP) is 6.16. The molecule has 2 aromatic heterocycles. The molecule has 32 heavy (non-hydrogen) atoms. The number of aromatic nitrogens is 2. The van der Waals surface area contributed by atoms with E-state index in [1.165, 1.54) is 11.3 Å². The van der Waals surface area contributed by atoms with Gasteiger partial charge in [-0.15, -0.1) is 0 Å². The summed E-state index contributed by atoms with van der Waals surface area (Å²) in [5.74, 6) is 3.01. The van der Waals surface area contributed by atoms with Crippen LogP contribution >= 0.6 is 0 Å². The summed E-state index contributed by atoms with van der Waals surface area (Å²) < 4.78 is 16.8. The van der Waals surface area contributed by atoms with E-state index < -0.39 is 0 Å². The molecular weight excluding hydrogens is 402 g/mol. The fourth-order valence-electron chi connectivity index (χ4n) is 5.33. The van der Waals surface area contributed by atoms with Gasteiger partial charge in [0.2, 0.25) is 0 Å². The summed E-state index contributed by atoms with van der Waals surface area (Å²) in [6, 6.07) is 4.24. The second kappa shape index (κ2) is 8.32. The van der Waals surface area contributed by atoms with Crippen molar-refractivity contribution < 1.29 is 14.0 Å². The van der Waals surface area contributed by atoms with Crippen LogP contribution in [0.25, 0.3) is 22.0 Å². The van der Waals surface area contributed by atoms with Gasteiger partial charge in [0.05, 0.1) is 35.8 Å². The van der Waals surface area contributed by atoms with Gasteiger partial charge in [-0.1, -0.05) is 19.0 Å². The molecule has 6 heteroatoms. The molecule has 0 radical (unpaired) electrons. The van der Waals surface area contributed by atoms with Crippen LogP contribution in [-0.4, -0.2) is 36.2 Å². The van der Waals surface area contributed by atoms with Gasteiger partial charge in [-0.2, -0.15) is 0 Å².